The summed E-state index contributed by atoms with van der Waals surface area (Å²) in [6, 6.07) is 4.18. The minimum Gasteiger partial charge on any atom is -0.257 e. The summed E-state index contributed by atoms with van der Waals surface area (Å²) >= 11 is 3.90. The molecule has 0 amide bonds. The van der Waals surface area contributed by atoms with Crippen LogP contribution in [0.5, 0.6) is 0 Å². The summed E-state index contributed by atoms with van der Waals surface area (Å²) in [6.07, 6.45) is 14.3. The highest BCUT2D eigenvalue weighted by Gasteiger charge is 2.38. The van der Waals surface area contributed by atoms with Crippen molar-refractivity contribution in [3.63, 3.8) is 0 Å². The van der Waals surface area contributed by atoms with Crippen LogP contribution < -0.4 is 0 Å². The smallest absolute Gasteiger partial charge is 0.0682 e. The Kier molecular flexibility index (Phi) is 3.35. The first-order valence-electron chi connectivity index (χ1n) is 8.10. The fourth-order valence-electron chi connectivity index (χ4n) is 4.08. The van der Waals surface area contributed by atoms with Gasteiger partial charge < -0.3 is 0 Å². The van der Waals surface area contributed by atoms with Crippen LogP contribution in [0, 0.1) is 5.41 Å². The molecule has 0 aromatic carbocycles. The number of hydrogen-bond acceptors (Lipinski definition) is 1. The zero-order chi connectivity index (χ0) is 16.2. The minimum absolute atomic E-state index is 0.0384. The Labute approximate surface area is 146 Å². The van der Waals surface area contributed by atoms with Crippen molar-refractivity contribution >= 4 is 22.0 Å². The van der Waals surface area contributed by atoms with E-state index in [1.807, 2.05) is 12.3 Å². The molecule has 1 unspecified atom stereocenters. The molecule has 0 saturated carbocycles. The predicted molar refractivity (Wildman–Crippen MR) is 100 cm³/mol. The molecule has 0 spiro atoms. The van der Waals surface area contributed by atoms with Crippen molar-refractivity contribution < 1.29 is 0 Å². The first kappa shape index (κ1) is 14.9. The molecule has 1 aromatic rings. The molecule has 1 heterocycles. The lowest BCUT2D eigenvalue weighted by atomic mass is 9.71. The molecule has 1 atom stereocenters. The number of pyridine rings is 1. The third kappa shape index (κ3) is 2.15. The van der Waals surface area contributed by atoms with Gasteiger partial charge in [0.2, 0.25) is 0 Å². The molecule has 1 aromatic heterocycles. The molecule has 23 heavy (non-hydrogen) atoms. The van der Waals surface area contributed by atoms with E-state index < -0.39 is 0 Å². The van der Waals surface area contributed by atoms with Crippen molar-refractivity contribution in [2.75, 3.05) is 0 Å². The fourth-order valence-corrected chi connectivity index (χ4v) is 4.84. The Morgan fingerprint density at radius 2 is 2.09 bits per heavy atom. The quantitative estimate of drug-likeness (QED) is 0.578. The first-order chi connectivity index (χ1) is 11.0. The van der Waals surface area contributed by atoms with Crippen LogP contribution in [0.4, 0.5) is 0 Å². The van der Waals surface area contributed by atoms with E-state index in [1.54, 1.807) is 0 Å². The van der Waals surface area contributed by atoms with Crippen LogP contribution in [0.25, 0.3) is 6.08 Å². The number of hydrogen-bond donors (Lipinski definition) is 0. The van der Waals surface area contributed by atoms with E-state index in [1.165, 1.54) is 33.4 Å². The number of alkyl halides is 1. The van der Waals surface area contributed by atoms with E-state index in [0.717, 1.165) is 12.1 Å². The maximum absolute atomic E-state index is 4.59. The molecular formula is C21H20BrN. The molecule has 0 radical (unpaired) electrons. The maximum Gasteiger partial charge on any atom is 0.0682 e. The zero-order valence-corrected chi connectivity index (χ0v) is 15.3. The lowest BCUT2D eigenvalue weighted by Crippen LogP contribution is -2.20. The van der Waals surface area contributed by atoms with Gasteiger partial charge in [0.05, 0.1) is 10.5 Å². The highest BCUT2D eigenvalue weighted by atomic mass is 79.9. The standard InChI is InChI=1S/C21H20BrN/c1-13-11-17-16(12-18-15(20(17)22)9-6-10-23-18)19(13)21(2,3)14-7-4-5-8-14/h4-7,9-12,20H,8H2,1-3H3. The van der Waals surface area contributed by atoms with E-state index in [9.17, 15) is 0 Å². The lowest BCUT2D eigenvalue weighted by molar-refractivity contribution is 0.536. The highest BCUT2D eigenvalue weighted by molar-refractivity contribution is 9.09. The van der Waals surface area contributed by atoms with Crippen LogP contribution >= 0.6 is 15.9 Å². The summed E-state index contributed by atoms with van der Waals surface area (Å²) in [4.78, 5) is 4.81. The number of halogens is 1. The van der Waals surface area contributed by atoms with Crippen molar-refractivity contribution in [2.45, 2.75) is 32.0 Å². The molecule has 0 saturated heterocycles. The molecule has 0 aliphatic heterocycles. The summed E-state index contributed by atoms with van der Waals surface area (Å²) in [6.45, 7) is 6.93. The van der Waals surface area contributed by atoms with Crippen LogP contribution in [0.1, 0.15) is 43.3 Å². The number of aromatic nitrogens is 1. The summed E-state index contributed by atoms with van der Waals surface area (Å²) < 4.78 is 0. The number of allylic oxidation sites excluding steroid dienone is 9. The maximum atomic E-state index is 4.59. The van der Waals surface area contributed by atoms with E-state index in [-0.39, 0.29) is 10.2 Å². The highest BCUT2D eigenvalue weighted by Crippen LogP contribution is 2.54. The van der Waals surface area contributed by atoms with Crippen molar-refractivity contribution in [2.24, 2.45) is 5.41 Å². The normalized spacial score (nSPS) is 22.6. The monoisotopic (exact) mass is 365 g/mol. The third-order valence-corrected chi connectivity index (χ3v) is 6.23. The fraction of sp³-hybridized carbons (Fsp3) is 0.286. The van der Waals surface area contributed by atoms with Gasteiger partial charge in [-0.1, -0.05) is 65.7 Å². The Hall–Kier alpha value is -1.67. The molecule has 1 nitrogen and oxygen atoms in total. The summed E-state index contributed by atoms with van der Waals surface area (Å²) in [5.41, 5.74) is 9.42. The second-order valence-corrected chi connectivity index (χ2v) is 7.92. The van der Waals surface area contributed by atoms with E-state index in [4.69, 9.17) is 0 Å². The number of nitrogens with zero attached hydrogens (tertiary/aromatic N) is 1. The van der Waals surface area contributed by atoms with Crippen LogP contribution in [-0.2, 0) is 0 Å². The minimum atomic E-state index is 0.0384. The molecule has 0 N–H and O–H groups in total. The Bertz CT molecular complexity index is 846. The molecule has 3 aliphatic rings. The number of rotatable bonds is 2. The molecular weight excluding hydrogens is 346 g/mol. The van der Waals surface area contributed by atoms with Gasteiger partial charge in [0.1, 0.15) is 0 Å². The summed E-state index contributed by atoms with van der Waals surface area (Å²) in [5.74, 6) is 0. The van der Waals surface area contributed by atoms with Gasteiger partial charge in [-0.3, -0.25) is 4.98 Å². The van der Waals surface area contributed by atoms with Gasteiger partial charge in [-0.2, -0.15) is 0 Å². The topological polar surface area (TPSA) is 12.9 Å². The van der Waals surface area contributed by atoms with Crippen molar-refractivity contribution in [3.8, 4) is 0 Å². The molecule has 3 aliphatic carbocycles. The van der Waals surface area contributed by atoms with Crippen LogP contribution in [0.3, 0.4) is 0 Å². The van der Waals surface area contributed by atoms with E-state index in [0.29, 0.717) is 0 Å². The summed E-state index contributed by atoms with van der Waals surface area (Å²) in [5, 5.41) is 0. The van der Waals surface area contributed by atoms with Gasteiger partial charge in [0.25, 0.3) is 0 Å². The third-order valence-electron chi connectivity index (χ3n) is 5.24. The molecule has 2 heteroatoms. The van der Waals surface area contributed by atoms with Crippen LogP contribution in [0.2, 0.25) is 0 Å². The van der Waals surface area contributed by atoms with Gasteiger partial charge in [0.15, 0.2) is 0 Å². The van der Waals surface area contributed by atoms with E-state index >= 15 is 0 Å². The summed E-state index contributed by atoms with van der Waals surface area (Å²) in [7, 11) is 0. The first-order valence-corrected chi connectivity index (χ1v) is 9.02. The van der Waals surface area contributed by atoms with Crippen molar-refractivity contribution in [1.82, 2.24) is 4.98 Å². The average molecular weight is 366 g/mol. The Morgan fingerprint density at radius 1 is 1.26 bits per heavy atom. The van der Waals surface area contributed by atoms with Crippen LogP contribution in [-0.4, -0.2) is 4.98 Å². The second-order valence-electron chi connectivity index (χ2n) is 7.01. The largest absolute Gasteiger partial charge is 0.257 e. The van der Waals surface area contributed by atoms with Crippen molar-refractivity contribution in [1.29, 1.82) is 0 Å². The number of fused-ring (bicyclic) bond motifs is 2. The SMILES string of the molecule is CC1=C(C(C)(C)C2=CC=CC2)C2=Cc3ncccc3C(Br)C2=C1. The molecule has 0 bridgehead atoms. The lowest BCUT2D eigenvalue weighted by Gasteiger charge is -2.33. The van der Waals surface area contributed by atoms with Gasteiger partial charge in [-0.05, 0) is 53.3 Å². The van der Waals surface area contributed by atoms with Gasteiger partial charge in [-0.15, -0.1) is 0 Å². The van der Waals surface area contributed by atoms with Gasteiger partial charge in [0, 0.05) is 11.6 Å². The Balaban J connectivity index is 1.85. The second kappa shape index (κ2) is 5.17. The average Bonchev–Trinajstić information content (AvgIpc) is 3.15. The van der Waals surface area contributed by atoms with Gasteiger partial charge >= 0.3 is 0 Å². The van der Waals surface area contributed by atoms with Crippen LogP contribution in [0.15, 0.2) is 70.5 Å². The molecule has 4 rings (SSSR count). The predicted octanol–water partition coefficient (Wildman–Crippen LogP) is 6.08. The zero-order valence-electron chi connectivity index (χ0n) is 13.7. The van der Waals surface area contributed by atoms with Crippen molar-refractivity contribution in [3.05, 3.63) is 81.8 Å². The van der Waals surface area contributed by atoms with Gasteiger partial charge in [-0.25, -0.2) is 0 Å². The molecule has 0 fully saturated rings. The molecule has 116 valence electrons. The Morgan fingerprint density at radius 3 is 2.83 bits per heavy atom. The van der Waals surface area contributed by atoms with E-state index in [2.05, 4.69) is 78.1 Å².